The predicted octanol–water partition coefficient (Wildman–Crippen LogP) is 4.20. The quantitative estimate of drug-likeness (QED) is 0.433. The average molecular weight is 465 g/mol. The molecule has 1 aliphatic heterocycles. The Balaban J connectivity index is 1.32. The van der Waals surface area contributed by atoms with Crippen LogP contribution in [0.25, 0.3) is 16.9 Å². The zero-order chi connectivity index (χ0) is 24.2. The van der Waals surface area contributed by atoms with Crippen molar-refractivity contribution >= 4 is 23.2 Å². The molecular weight excluding hydrogens is 440 g/mol. The number of benzene rings is 3. The van der Waals surface area contributed by atoms with Gasteiger partial charge >= 0.3 is 0 Å². The molecule has 4 aromatic rings. The largest absolute Gasteiger partial charge is 0.273 e. The summed E-state index contributed by atoms with van der Waals surface area (Å²) in [5, 5.41) is 11.0. The Morgan fingerprint density at radius 1 is 0.800 bits per heavy atom. The number of carbonyl (C=O) groups is 2. The van der Waals surface area contributed by atoms with E-state index in [0.29, 0.717) is 16.8 Å². The van der Waals surface area contributed by atoms with Gasteiger partial charge in [-0.05, 0) is 43.3 Å². The Labute approximate surface area is 202 Å². The summed E-state index contributed by atoms with van der Waals surface area (Å²) in [7, 11) is 0. The van der Waals surface area contributed by atoms with Gasteiger partial charge in [-0.25, -0.2) is 4.68 Å². The summed E-state index contributed by atoms with van der Waals surface area (Å²) in [6.45, 7) is 2.82. The normalized spacial score (nSPS) is 12.8. The third-order valence-electron chi connectivity index (χ3n) is 5.72. The van der Waals surface area contributed by atoms with Crippen molar-refractivity contribution in [3.63, 3.8) is 0 Å². The number of amides is 2. The molecule has 5 rings (SSSR count). The summed E-state index contributed by atoms with van der Waals surface area (Å²) in [6, 6.07) is 26.1. The molecule has 0 bridgehead atoms. The van der Waals surface area contributed by atoms with Gasteiger partial charge < -0.3 is 0 Å². The highest BCUT2D eigenvalue weighted by Crippen LogP contribution is 2.24. The van der Waals surface area contributed by atoms with Gasteiger partial charge in [-0.1, -0.05) is 48.5 Å². The summed E-state index contributed by atoms with van der Waals surface area (Å²) < 4.78 is 1.65. The van der Waals surface area contributed by atoms with Crippen LogP contribution >= 0.6 is 0 Å². The van der Waals surface area contributed by atoms with Crippen LogP contribution in [0, 0.1) is 0 Å². The number of nitrogens with zero attached hydrogens (tertiary/aromatic N) is 4. The van der Waals surface area contributed by atoms with E-state index in [-0.39, 0.29) is 0 Å². The Morgan fingerprint density at radius 2 is 1.46 bits per heavy atom. The highest BCUT2D eigenvalue weighted by molar-refractivity contribution is 6.02. The van der Waals surface area contributed by atoms with Gasteiger partial charge in [0.25, 0.3) is 11.8 Å². The van der Waals surface area contributed by atoms with Gasteiger partial charge in [0.15, 0.2) is 0 Å². The van der Waals surface area contributed by atoms with Gasteiger partial charge in [0, 0.05) is 36.0 Å². The molecule has 0 unspecified atom stereocenters. The fourth-order valence-corrected chi connectivity index (χ4v) is 3.86. The van der Waals surface area contributed by atoms with Crippen LogP contribution in [-0.2, 0) is 0 Å². The Hall–Kier alpha value is -4.72. The van der Waals surface area contributed by atoms with E-state index in [9.17, 15) is 9.59 Å². The fourth-order valence-electron chi connectivity index (χ4n) is 3.86. The molecule has 0 saturated carbocycles. The van der Waals surface area contributed by atoms with E-state index in [1.54, 1.807) is 23.0 Å². The van der Waals surface area contributed by atoms with Crippen molar-refractivity contribution in [1.82, 2.24) is 20.6 Å². The molecule has 0 radical (unpaired) electrons. The van der Waals surface area contributed by atoms with E-state index in [0.717, 1.165) is 35.6 Å². The zero-order valence-electron chi connectivity index (χ0n) is 19.2. The number of hydrazone groups is 1. The van der Waals surface area contributed by atoms with Crippen molar-refractivity contribution in [2.24, 2.45) is 5.10 Å². The predicted molar refractivity (Wildman–Crippen MR) is 135 cm³/mol. The third-order valence-corrected chi connectivity index (χ3v) is 5.72. The topological polar surface area (TPSA) is 91.6 Å². The van der Waals surface area contributed by atoms with Crippen LogP contribution in [-0.4, -0.2) is 33.9 Å². The number of hydrazine groups is 1. The van der Waals surface area contributed by atoms with Crippen LogP contribution in [0.15, 0.2) is 96.2 Å². The van der Waals surface area contributed by atoms with Crippen molar-refractivity contribution < 1.29 is 9.59 Å². The van der Waals surface area contributed by atoms with E-state index < -0.39 is 11.8 Å². The first-order chi connectivity index (χ1) is 17.1. The lowest BCUT2D eigenvalue weighted by atomic mass is 10.1. The summed E-state index contributed by atoms with van der Waals surface area (Å²) in [5.41, 5.74) is 9.95. The second-order valence-corrected chi connectivity index (χ2v) is 8.20. The summed E-state index contributed by atoms with van der Waals surface area (Å²) >= 11 is 0. The molecule has 0 atom stereocenters. The summed E-state index contributed by atoms with van der Waals surface area (Å²) in [6.07, 6.45) is 2.59. The van der Waals surface area contributed by atoms with Gasteiger partial charge in [0.1, 0.15) is 5.69 Å². The van der Waals surface area contributed by atoms with Crippen molar-refractivity contribution in [1.29, 1.82) is 0 Å². The van der Waals surface area contributed by atoms with E-state index in [1.807, 2.05) is 84.7 Å². The fraction of sp³-hybridized carbons (Fsp3) is 0.111. The van der Waals surface area contributed by atoms with Gasteiger partial charge in [0.05, 0.1) is 16.9 Å². The van der Waals surface area contributed by atoms with Gasteiger partial charge in [0.2, 0.25) is 0 Å². The second kappa shape index (κ2) is 9.64. The molecule has 8 heteroatoms. The van der Waals surface area contributed by atoms with Gasteiger partial charge in [-0.2, -0.15) is 10.2 Å². The third kappa shape index (κ3) is 4.81. The maximum absolute atomic E-state index is 13.1. The first-order valence-corrected chi connectivity index (χ1v) is 11.3. The average Bonchev–Trinajstić information content (AvgIpc) is 3.55. The number of para-hydroxylation sites is 1. The molecule has 3 aromatic carbocycles. The van der Waals surface area contributed by atoms with Crippen molar-refractivity contribution in [3.05, 3.63) is 102 Å². The second-order valence-electron chi connectivity index (χ2n) is 8.20. The minimum absolute atomic E-state index is 0.345. The molecule has 35 heavy (non-hydrogen) atoms. The Bertz CT molecular complexity index is 1380. The number of carbonyl (C=O) groups excluding carboxylic acids is 2. The molecule has 1 aliphatic rings. The smallest absolute Gasteiger partial charge is 0.267 e. The number of hydrogen-bond donors (Lipinski definition) is 2. The minimum atomic E-state index is -0.460. The Kier molecular flexibility index (Phi) is 6.09. The highest BCUT2D eigenvalue weighted by Gasteiger charge is 2.20. The molecule has 1 aromatic heterocycles. The molecule has 0 fully saturated rings. The molecule has 0 spiro atoms. The van der Waals surface area contributed by atoms with Crippen molar-refractivity contribution in [3.8, 4) is 16.9 Å². The zero-order valence-corrected chi connectivity index (χ0v) is 19.2. The molecule has 174 valence electrons. The number of aromatic nitrogens is 2. The number of anilines is 1. The number of hydrogen-bond acceptors (Lipinski definition) is 5. The SMILES string of the molecule is CC1=NN(c2ccc(C(=O)NNC(=O)c3cn(-c4ccccc4)nc3-c3ccccc3)cc2)CC1. The minimum Gasteiger partial charge on any atom is -0.267 e. The lowest BCUT2D eigenvalue weighted by molar-refractivity contribution is 0.0847. The molecule has 0 saturated heterocycles. The molecule has 2 N–H and O–H groups in total. The van der Waals surface area contributed by atoms with Gasteiger partial charge in [-0.15, -0.1) is 0 Å². The molecular formula is C27H24N6O2. The van der Waals surface area contributed by atoms with Crippen LogP contribution in [0.1, 0.15) is 34.1 Å². The lowest BCUT2D eigenvalue weighted by Crippen LogP contribution is -2.41. The standard InChI is InChI=1S/C27H24N6O2/c1-19-16-17-32(30-19)23-14-12-21(13-15-23)26(34)28-29-27(35)24-18-33(22-10-6-3-7-11-22)31-25(24)20-8-4-2-5-9-20/h2-15,18H,16-17H2,1H3,(H,28,34)(H,29,35). The van der Waals surface area contributed by atoms with Crippen molar-refractivity contribution in [2.75, 3.05) is 11.6 Å². The maximum atomic E-state index is 13.1. The first kappa shape index (κ1) is 22.1. The van der Waals surface area contributed by atoms with Crippen molar-refractivity contribution in [2.45, 2.75) is 13.3 Å². The molecule has 8 nitrogen and oxygen atoms in total. The molecule has 2 heterocycles. The molecule has 0 aliphatic carbocycles. The monoisotopic (exact) mass is 464 g/mol. The van der Waals surface area contributed by atoms with E-state index in [1.165, 1.54) is 0 Å². The summed E-state index contributed by atoms with van der Waals surface area (Å²) in [5.74, 6) is -0.874. The first-order valence-electron chi connectivity index (χ1n) is 11.3. The number of rotatable bonds is 5. The van der Waals surface area contributed by atoms with Gasteiger partial charge in [-0.3, -0.25) is 25.4 Å². The van der Waals surface area contributed by atoms with Crippen LogP contribution in [0.4, 0.5) is 5.69 Å². The van der Waals surface area contributed by atoms with Crippen LogP contribution < -0.4 is 15.9 Å². The highest BCUT2D eigenvalue weighted by atomic mass is 16.2. The van der Waals surface area contributed by atoms with Crippen LogP contribution in [0.3, 0.4) is 0 Å². The van der Waals surface area contributed by atoms with E-state index >= 15 is 0 Å². The Morgan fingerprint density at radius 3 is 2.11 bits per heavy atom. The maximum Gasteiger partial charge on any atom is 0.273 e. The van der Waals surface area contributed by atoms with E-state index in [2.05, 4.69) is 21.1 Å². The van der Waals surface area contributed by atoms with Crippen LogP contribution in [0.2, 0.25) is 0 Å². The molecule has 2 amide bonds. The van der Waals surface area contributed by atoms with Crippen LogP contribution in [0.5, 0.6) is 0 Å². The summed E-state index contributed by atoms with van der Waals surface area (Å²) in [4.78, 5) is 25.7. The van der Waals surface area contributed by atoms with E-state index in [4.69, 9.17) is 0 Å². The lowest BCUT2D eigenvalue weighted by Gasteiger charge is -2.14. The number of nitrogens with one attached hydrogen (secondary N) is 2.